The van der Waals surface area contributed by atoms with Gasteiger partial charge in [0.15, 0.2) is 0 Å². The number of hydrogen-bond acceptors (Lipinski definition) is 23. The maximum Gasteiger partial charge on any atom is 0.341 e. The first kappa shape index (κ1) is 72.5. The van der Waals surface area contributed by atoms with Crippen molar-refractivity contribution in [1.29, 1.82) is 0 Å². The minimum atomic E-state index is -1.55. The number of carboxylic acids is 1. The Morgan fingerprint density at radius 2 is 0.884 bits per heavy atom. The summed E-state index contributed by atoms with van der Waals surface area (Å²) < 4.78 is 29.9. The molecule has 4 saturated heterocycles. The van der Waals surface area contributed by atoms with Crippen molar-refractivity contribution in [3.63, 3.8) is 0 Å². The summed E-state index contributed by atoms with van der Waals surface area (Å²) in [6, 6.07) is 23.6. The largest absolute Gasteiger partial charge is 0.478 e. The molecular formula is C82H75N9O21. The van der Waals surface area contributed by atoms with Gasteiger partial charge in [-0.3, -0.25) is 72.8 Å². The Labute approximate surface area is 636 Å². The highest BCUT2D eigenvalue weighted by Gasteiger charge is 2.70. The Morgan fingerprint density at radius 3 is 1.37 bits per heavy atom. The van der Waals surface area contributed by atoms with Crippen LogP contribution in [0.15, 0.2) is 135 Å². The second-order valence-corrected chi connectivity index (χ2v) is 30.7. The lowest BCUT2D eigenvalue weighted by atomic mass is 9.82. The molecule has 112 heavy (non-hydrogen) atoms. The Hall–Kier alpha value is -12.3. The average Bonchev–Trinajstić information content (AvgIpc) is 1.54. The second kappa shape index (κ2) is 28.2. The lowest BCUT2D eigenvalue weighted by Crippen LogP contribution is -2.53. The van der Waals surface area contributed by atoms with Gasteiger partial charge >= 0.3 is 17.9 Å². The summed E-state index contributed by atoms with van der Waals surface area (Å²) >= 11 is 0. The fourth-order valence-corrected chi connectivity index (χ4v) is 19.8. The first-order valence-corrected chi connectivity index (χ1v) is 37.7. The van der Waals surface area contributed by atoms with Crippen molar-refractivity contribution in [3.05, 3.63) is 179 Å². The number of aromatic carboxylic acids is 1. The molecule has 9 aliphatic rings. The number of aromatic nitrogens is 3. The number of hydrogen-bond donors (Lipinski definition) is 3. The standard InChI is InChI=1S/C82H75N9O21/c1-4-5-6-7-20-108-49-12-8-38(9-13-49)39-10-14-50(15-11-39)109-36-111-81(106)41-22-43(83-2)27-46(24-41)88-74(98)58-33-59(75(88)99)67-61-34-60(66(58)67)76(100)90(77(61)101)48-26-42(82(107)112-37-110-51-16-18-84-19-17-51)25-47(29-48)89-72(96)54-30-52-53(31-55(54)73(89)97)71(95)87(70(52)94)45-23-40(80(104)105)21-44(28-45)85-91-78(102)62-35-63(79(91)103)65-57-32-56(64(62)65)68(92)86(3)69(57)93/h10-11,14-19,21-31,38,49,56-67,83,85H,4-9,12-13,20,32-37H2,1-3H3,(H,104,105). The summed E-state index contributed by atoms with van der Waals surface area (Å²) in [5, 5.41) is 12.4. The van der Waals surface area contributed by atoms with E-state index in [9.17, 15) is 57.8 Å². The van der Waals surface area contributed by atoms with Crippen LogP contribution in [0.3, 0.4) is 0 Å². The van der Waals surface area contributed by atoms with E-state index >= 15 is 19.2 Å². The zero-order valence-corrected chi connectivity index (χ0v) is 60.9. The Bertz CT molecular complexity index is 5430. The number of amides is 8. The third kappa shape index (κ3) is 11.9. The topological polar surface area (TPSA) is 382 Å². The molecule has 30 heteroatoms. The van der Waals surface area contributed by atoms with Crippen LogP contribution >= 0.6 is 0 Å². The molecule has 3 aromatic heterocycles. The van der Waals surface area contributed by atoms with Gasteiger partial charge in [-0.25, -0.2) is 33.3 Å². The average molecular weight is 1520 g/mol. The van der Waals surface area contributed by atoms with Crippen molar-refractivity contribution in [3.8, 4) is 22.9 Å². The van der Waals surface area contributed by atoms with E-state index < -0.39 is 210 Å². The van der Waals surface area contributed by atoms with Gasteiger partial charge < -0.3 is 34.1 Å². The molecule has 0 radical (unpaired) electrons. The fourth-order valence-electron chi connectivity index (χ4n) is 19.8. The first-order valence-electron chi connectivity index (χ1n) is 37.7. The van der Waals surface area contributed by atoms with Gasteiger partial charge in [-0.2, -0.15) is 5.01 Å². The van der Waals surface area contributed by atoms with Crippen molar-refractivity contribution in [2.45, 2.75) is 96.0 Å². The monoisotopic (exact) mass is 1520 g/mol. The molecule has 0 spiro atoms. The van der Waals surface area contributed by atoms with Crippen LogP contribution < -0.4 is 52.3 Å². The molecule has 574 valence electrons. The quantitative estimate of drug-likeness (QED) is 0.0187. The number of pyridine rings is 1. The number of nitrogens with zero attached hydrogens (tertiary/aromatic N) is 7. The van der Waals surface area contributed by atoms with Gasteiger partial charge in [-0.15, -0.1) is 0 Å². The number of fused-ring (bicyclic) bond motifs is 20. The van der Waals surface area contributed by atoms with Crippen molar-refractivity contribution >= 4 is 109 Å². The number of rotatable bonds is 23. The van der Waals surface area contributed by atoms with Crippen LogP contribution in [0.25, 0.3) is 32.9 Å². The van der Waals surface area contributed by atoms with E-state index in [2.05, 4.69) is 22.7 Å². The minimum Gasteiger partial charge on any atom is -0.478 e. The summed E-state index contributed by atoms with van der Waals surface area (Å²) in [5.41, 5.74) is -2.32. The number of carboxylic acid groups (broad SMARTS) is 1. The molecule has 5 aromatic carbocycles. The van der Waals surface area contributed by atoms with Gasteiger partial charge in [0.2, 0.25) is 49.0 Å². The zero-order valence-electron chi connectivity index (χ0n) is 60.9. The number of nitrogens with one attached hydrogen (secondary N) is 2. The maximum atomic E-state index is 15.3. The highest BCUT2D eigenvalue weighted by molar-refractivity contribution is 6.23. The molecule has 17 rings (SSSR count). The van der Waals surface area contributed by atoms with Gasteiger partial charge in [0.05, 0.1) is 72.8 Å². The number of ether oxygens (including phenoxy) is 5. The number of hydrazine groups is 1. The normalized spacial score (nSPS) is 26.2. The number of piperidine rings is 4. The Balaban J connectivity index is 0.626. The molecule has 12 atom stereocenters. The lowest BCUT2D eigenvalue weighted by molar-refractivity contribution is -0.155. The molecule has 12 unspecified atom stereocenters. The highest BCUT2D eigenvalue weighted by Crippen LogP contribution is 2.63. The fraction of sp³-hybridized carbons (Fsp3) is 0.390. The van der Waals surface area contributed by atoms with Crippen LogP contribution in [-0.2, 0) is 52.6 Å². The molecule has 3 N–H and O–H groups in total. The molecule has 8 bridgehead atoms. The molecule has 8 aromatic rings. The van der Waals surface area contributed by atoms with Crippen LogP contribution in [-0.4, -0.2) is 135 Å². The summed E-state index contributed by atoms with van der Waals surface area (Å²) in [5.74, 6) is -17.6. The van der Waals surface area contributed by atoms with E-state index in [0.717, 1.165) is 102 Å². The lowest BCUT2D eigenvalue weighted by Gasteiger charge is -2.36. The predicted molar refractivity (Wildman–Crippen MR) is 397 cm³/mol. The molecular weight excluding hydrogens is 1450 g/mol. The van der Waals surface area contributed by atoms with E-state index in [1.165, 1.54) is 74.6 Å². The molecule has 4 aliphatic heterocycles. The summed E-state index contributed by atoms with van der Waals surface area (Å²) in [7, 11) is 2.97. The van der Waals surface area contributed by atoms with E-state index in [-0.39, 0.29) is 65.8 Å². The van der Waals surface area contributed by atoms with Gasteiger partial charge in [-0.05, 0) is 184 Å². The predicted octanol–water partition coefficient (Wildman–Crippen LogP) is 7.19. The highest BCUT2D eigenvalue weighted by atomic mass is 16.7. The smallest absolute Gasteiger partial charge is 0.341 e. The van der Waals surface area contributed by atoms with Crippen LogP contribution in [0.2, 0.25) is 0 Å². The number of carbonyl (C=O) groups is 11. The van der Waals surface area contributed by atoms with Gasteiger partial charge in [0.1, 0.15) is 11.5 Å². The Morgan fingerprint density at radius 1 is 0.464 bits per heavy atom. The molecule has 7 heterocycles. The summed E-state index contributed by atoms with van der Waals surface area (Å²) in [6.07, 6.45) is 12.1. The molecule has 5 aliphatic carbocycles. The third-order valence-electron chi connectivity index (χ3n) is 24.9. The number of imide groups is 4. The Kier molecular flexibility index (Phi) is 18.3. The summed E-state index contributed by atoms with van der Waals surface area (Å²) in [4.78, 5) is 222. The molecule has 8 amide bonds. The number of esters is 2. The van der Waals surface area contributed by atoms with Crippen molar-refractivity contribution in [2.75, 3.05) is 54.8 Å². The number of benzene rings is 5. The third-order valence-corrected chi connectivity index (χ3v) is 24.9. The summed E-state index contributed by atoms with van der Waals surface area (Å²) in [6.45, 7) is 1.85. The van der Waals surface area contributed by atoms with Crippen molar-refractivity contribution < 1.29 is 81.5 Å². The number of unbranched alkanes of at least 4 members (excludes halogenated alkanes) is 3. The first-order chi connectivity index (χ1) is 54.0. The van der Waals surface area contributed by atoms with Gasteiger partial charge in [0.25, 0.3) is 34.1 Å². The van der Waals surface area contributed by atoms with Crippen LogP contribution in [0.4, 0.5) is 22.7 Å². The second-order valence-electron chi connectivity index (χ2n) is 30.7. The number of carbonyl (C=O) groups excluding carboxylic acids is 10. The van der Waals surface area contributed by atoms with Crippen LogP contribution in [0, 0.1) is 71.0 Å². The van der Waals surface area contributed by atoms with Crippen molar-refractivity contribution in [2.24, 2.45) is 71.0 Å². The minimum absolute atomic E-state index is 0.0119. The zero-order chi connectivity index (χ0) is 78.1. The van der Waals surface area contributed by atoms with E-state index in [4.69, 9.17) is 23.7 Å². The van der Waals surface area contributed by atoms with E-state index in [1.807, 2.05) is 24.3 Å². The van der Waals surface area contributed by atoms with E-state index in [1.54, 1.807) is 7.05 Å². The van der Waals surface area contributed by atoms with Gasteiger partial charge in [0, 0.05) is 86.1 Å². The van der Waals surface area contributed by atoms with Crippen LogP contribution in [0.1, 0.15) is 127 Å². The SMILES string of the molecule is CCCCCCOC1CCC(c2ccc(OCOC(=O)c3cc(NC)cc(N4C(=O)C5CC(C4=O)C4C6CC(C(=O)N(c7cc(C(=O)OCOc8ccncc8)cc(-n8c(=O)c9cc%10c(=O)n(-c%11cc(NN%12C(=O)C%13CC(C%12=O)C%12C%14CC(C(=O)N(C)C%14=O)C%13%12)cc(C(=O)O)c%11)c(=O)c%10cc9c8=O)c7)C6=O)C54)c3)cc2)CC1. The maximum absolute atomic E-state index is 15.3. The molecule has 30 nitrogen and oxygen atoms in total. The van der Waals surface area contributed by atoms with Crippen molar-refractivity contribution in [1.82, 2.24) is 24.0 Å². The molecule has 9 fully saturated rings. The number of anilines is 4. The number of likely N-dealkylation sites (tertiary alicyclic amines) is 1. The van der Waals surface area contributed by atoms with E-state index in [0.29, 0.717) is 31.5 Å². The van der Waals surface area contributed by atoms with Gasteiger partial charge in [-0.1, -0.05) is 38.3 Å². The molecule has 5 saturated carbocycles. The van der Waals surface area contributed by atoms with Crippen LogP contribution in [0.5, 0.6) is 11.5 Å².